The van der Waals surface area contributed by atoms with Crippen molar-refractivity contribution in [1.82, 2.24) is 15.0 Å². The highest BCUT2D eigenvalue weighted by Crippen LogP contribution is 2.38. The molecule has 0 radical (unpaired) electrons. The van der Waals surface area contributed by atoms with Gasteiger partial charge in [0, 0.05) is 40.5 Å². The van der Waals surface area contributed by atoms with Crippen molar-refractivity contribution in [1.29, 1.82) is 0 Å². The number of fused-ring (bicyclic) bond motifs is 3. The third-order valence-electron chi connectivity index (χ3n) is 6.33. The molecule has 0 unspecified atom stereocenters. The van der Waals surface area contributed by atoms with E-state index < -0.39 is 11.7 Å². The first-order chi connectivity index (χ1) is 16.2. The third-order valence-corrected chi connectivity index (χ3v) is 6.33. The van der Waals surface area contributed by atoms with Gasteiger partial charge in [-0.15, -0.1) is 0 Å². The van der Waals surface area contributed by atoms with Gasteiger partial charge in [-0.1, -0.05) is 11.2 Å². The molecule has 2 aromatic heterocycles. The number of H-pyrrole nitrogens is 1. The Balaban J connectivity index is 1.68. The Morgan fingerprint density at radius 1 is 1.18 bits per heavy atom. The van der Waals surface area contributed by atoms with E-state index in [1.165, 1.54) is 6.07 Å². The van der Waals surface area contributed by atoms with E-state index in [0.29, 0.717) is 46.6 Å². The maximum atomic E-state index is 15.9. The van der Waals surface area contributed by atoms with E-state index >= 15 is 4.39 Å². The number of primary amides is 1. The highest BCUT2D eigenvalue weighted by molar-refractivity contribution is 6.17. The Morgan fingerprint density at radius 2 is 1.88 bits per heavy atom. The first kappa shape index (κ1) is 22.1. The zero-order valence-electron chi connectivity index (χ0n) is 19.4. The normalized spacial score (nSPS) is 18.7. The quantitative estimate of drug-likeness (QED) is 0.474. The van der Waals surface area contributed by atoms with Gasteiger partial charge in [0.05, 0.1) is 34.5 Å². The van der Waals surface area contributed by atoms with Crippen LogP contribution in [0.2, 0.25) is 0 Å². The lowest BCUT2D eigenvalue weighted by Crippen LogP contribution is -2.48. The largest absolute Gasteiger partial charge is 0.372 e. The number of aryl methyl sites for hydroxylation is 2. The molecular weight excluding hydrogens is 439 g/mol. The molecular formula is C25H25FN4O4. The molecule has 3 N–H and O–H groups in total. The van der Waals surface area contributed by atoms with Gasteiger partial charge in [-0.25, -0.2) is 4.39 Å². The van der Waals surface area contributed by atoms with Crippen LogP contribution in [0, 0.1) is 19.7 Å². The summed E-state index contributed by atoms with van der Waals surface area (Å²) < 4.78 is 26.8. The highest BCUT2D eigenvalue weighted by atomic mass is 19.1. The Bertz CT molecular complexity index is 1440. The molecule has 34 heavy (non-hydrogen) atoms. The third kappa shape index (κ3) is 3.43. The summed E-state index contributed by atoms with van der Waals surface area (Å²) in [4.78, 5) is 30.3. The van der Waals surface area contributed by atoms with Gasteiger partial charge < -0.3 is 24.9 Å². The number of halogens is 1. The second-order valence-corrected chi connectivity index (χ2v) is 8.95. The molecule has 3 heterocycles. The number of benzene rings is 2. The van der Waals surface area contributed by atoms with E-state index in [-0.39, 0.29) is 40.1 Å². The van der Waals surface area contributed by atoms with Crippen molar-refractivity contribution in [2.45, 2.75) is 39.9 Å². The maximum Gasteiger partial charge on any atom is 0.254 e. The van der Waals surface area contributed by atoms with Crippen molar-refractivity contribution in [2.75, 3.05) is 13.1 Å². The number of carbonyl (C=O) groups is 2. The minimum atomic E-state index is -0.697. The van der Waals surface area contributed by atoms with Gasteiger partial charge in [-0.05, 0) is 45.9 Å². The van der Waals surface area contributed by atoms with E-state index in [2.05, 4.69) is 10.1 Å². The molecule has 9 heteroatoms. The second-order valence-electron chi connectivity index (χ2n) is 8.95. The molecule has 176 valence electrons. The van der Waals surface area contributed by atoms with Crippen molar-refractivity contribution in [3.05, 3.63) is 52.7 Å². The summed E-state index contributed by atoms with van der Waals surface area (Å²) in [5.41, 5.74) is 8.27. The average Bonchev–Trinajstić information content (AvgIpc) is 3.32. The summed E-state index contributed by atoms with van der Waals surface area (Å²) in [5, 5.41) is 4.68. The summed E-state index contributed by atoms with van der Waals surface area (Å²) in [6.07, 6.45) is -0.112. The zero-order valence-corrected chi connectivity index (χ0v) is 19.4. The van der Waals surface area contributed by atoms with Gasteiger partial charge in [-0.3, -0.25) is 9.59 Å². The van der Waals surface area contributed by atoms with Crippen LogP contribution < -0.4 is 5.73 Å². The maximum absolute atomic E-state index is 15.9. The number of carbonyl (C=O) groups excluding carboxylic acids is 2. The number of nitrogens with one attached hydrogen (secondary N) is 1. The number of aromatic nitrogens is 2. The fourth-order valence-electron chi connectivity index (χ4n) is 4.95. The van der Waals surface area contributed by atoms with Crippen molar-refractivity contribution in [2.24, 2.45) is 5.73 Å². The van der Waals surface area contributed by atoms with E-state index in [4.69, 9.17) is 15.0 Å². The minimum Gasteiger partial charge on any atom is -0.372 e. The van der Waals surface area contributed by atoms with E-state index in [0.717, 1.165) is 0 Å². The number of aromatic amines is 1. The average molecular weight is 464 g/mol. The van der Waals surface area contributed by atoms with Crippen molar-refractivity contribution >= 4 is 33.6 Å². The minimum absolute atomic E-state index is 0.0560. The zero-order chi connectivity index (χ0) is 24.3. The molecule has 1 fully saturated rings. The molecule has 0 aliphatic carbocycles. The summed E-state index contributed by atoms with van der Waals surface area (Å²) in [5.74, 6) is -0.907. The van der Waals surface area contributed by atoms with Crippen LogP contribution in [-0.4, -0.2) is 52.2 Å². The monoisotopic (exact) mass is 464 g/mol. The lowest BCUT2D eigenvalue weighted by Gasteiger charge is -2.35. The number of morpholine rings is 1. The molecule has 2 aromatic carbocycles. The van der Waals surface area contributed by atoms with Crippen LogP contribution in [0.5, 0.6) is 0 Å². The molecule has 0 saturated carbocycles. The number of rotatable bonds is 3. The van der Waals surface area contributed by atoms with Crippen LogP contribution in [0.25, 0.3) is 32.9 Å². The topological polar surface area (TPSA) is 114 Å². The molecule has 1 aliphatic rings. The van der Waals surface area contributed by atoms with Crippen LogP contribution in [0.3, 0.4) is 0 Å². The fourth-order valence-corrected chi connectivity index (χ4v) is 4.95. The predicted molar refractivity (Wildman–Crippen MR) is 125 cm³/mol. The Labute approximate surface area is 194 Å². The number of hydrogen-bond acceptors (Lipinski definition) is 5. The van der Waals surface area contributed by atoms with Crippen LogP contribution in [0.4, 0.5) is 4.39 Å². The van der Waals surface area contributed by atoms with Crippen LogP contribution in [0.15, 0.2) is 28.8 Å². The van der Waals surface area contributed by atoms with Crippen molar-refractivity contribution in [3.8, 4) is 11.1 Å². The van der Waals surface area contributed by atoms with Gasteiger partial charge in [-0.2, -0.15) is 0 Å². The molecule has 4 aromatic rings. The van der Waals surface area contributed by atoms with Gasteiger partial charge in [0.15, 0.2) is 0 Å². The van der Waals surface area contributed by atoms with Gasteiger partial charge in [0.25, 0.3) is 11.8 Å². The Hall–Kier alpha value is -3.72. The number of ether oxygens (including phenoxy) is 1. The van der Waals surface area contributed by atoms with Crippen molar-refractivity contribution < 1.29 is 23.2 Å². The summed E-state index contributed by atoms with van der Waals surface area (Å²) >= 11 is 0. The first-order valence-corrected chi connectivity index (χ1v) is 11.1. The smallest absolute Gasteiger partial charge is 0.254 e. The summed E-state index contributed by atoms with van der Waals surface area (Å²) in [7, 11) is 0. The number of nitrogens with two attached hydrogens (primary N) is 1. The van der Waals surface area contributed by atoms with Crippen LogP contribution in [0.1, 0.15) is 46.0 Å². The van der Waals surface area contributed by atoms with E-state index in [1.54, 1.807) is 36.9 Å². The van der Waals surface area contributed by atoms with Crippen LogP contribution >= 0.6 is 0 Å². The molecule has 2 atom stereocenters. The second kappa shape index (κ2) is 7.95. The number of amides is 2. The molecule has 8 nitrogen and oxygen atoms in total. The Morgan fingerprint density at radius 3 is 2.50 bits per heavy atom. The standard InChI is InChI=1S/C25H25FN4O4/c1-11-9-30(10-12(2)33-11)25(32)15-5-6-16-19(7-15)28-23-18(24(27)31)8-17(22(26)21(16)23)20-13(3)29-34-14(20)4/h5-8,11-12,28H,9-10H2,1-4H3,(H2,27,31)/t11-,12+. The summed E-state index contributed by atoms with van der Waals surface area (Å²) in [6.45, 7) is 8.25. The van der Waals surface area contributed by atoms with E-state index in [9.17, 15) is 9.59 Å². The van der Waals surface area contributed by atoms with Gasteiger partial charge in [0.2, 0.25) is 0 Å². The van der Waals surface area contributed by atoms with Crippen LogP contribution in [-0.2, 0) is 4.74 Å². The van der Waals surface area contributed by atoms with Gasteiger partial charge >= 0.3 is 0 Å². The van der Waals surface area contributed by atoms with Gasteiger partial charge in [0.1, 0.15) is 11.6 Å². The predicted octanol–water partition coefficient (Wildman–Crippen LogP) is 4.08. The number of nitrogens with zero attached hydrogens (tertiary/aromatic N) is 2. The molecule has 5 rings (SSSR count). The molecule has 1 saturated heterocycles. The lowest BCUT2D eigenvalue weighted by atomic mass is 9.96. The first-order valence-electron chi connectivity index (χ1n) is 11.1. The fraction of sp³-hybridized carbons (Fsp3) is 0.320. The SMILES string of the molecule is Cc1noc(C)c1-c1cc(C(N)=O)c2[nH]c3cc(C(=O)N4C[C@@H](C)O[C@@H](C)C4)ccc3c2c1F. The highest BCUT2D eigenvalue weighted by Gasteiger charge is 2.28. The molecule has 1 aliphatic heterocycles. The van der Waals surface area contributed by atoms with E-state index in [1.807, 2.05) is 13.8 Å². The Kier molecular flexibility index (Phi) is 5.16. The van der Waals surface area contributed by atoms with Crippen molar-refractivity contribution in [3.63, 3.8) is 0 Å². The molecule has 2 amide bonds. The molecule has 0 bridgehead atoms. The lowest BCUT2D eigenvalue weighted by molar-refractivity contribution is -0.0586. The number of hydrogen-bond donors (Lipinski definition) is 2. The summed E-state index contributed by atoms with van der Waals surface area (Å²) in [6, 6.07) is 6.47. The molecule has 0 spiro atoms.